The number of anilines is 1. The lowest BCUT2D eigenvalue weighted by molar-refractivity contribution is 0.0968. The van der Waals surface area contributed by atoms with E-state index in [4.69, 9.17) is 11.6 Å². The molecule has 1 atom stereocenters. The number of aromatic nitrogens is 2. The van der Waals surface area contributed by atoms with Gasteiger partial charge in [-0.1, -0.05) is 24.3 Å². The Morgan fingerprint density at radius 1 is 1.00 bits per heavy atom. The van der Waals surface area contributed by atoms with Gasteiger partial charge in [-0.05, 0) is 37.3 Å². The maximum Gasteiger partial charge on any atom is 0.264 e. The van der Waals surface area contributed by atoms with Gasteiger partial charge in [-0.15, -0.1) is 11.6 Å². The Labute approximate surface area is 183 Å². The van der Waals surface area contributed by atoms with E-state index in [2.05, 4.69) is 19.7 Å². The summed E-state index contributed by atoms with van der Waals surface area (Å²) >= 11 is 6.19. The average molecular weight is 455 g/mol. The highest BCUT2D eigenvalue weighted by molar-refractivity contribution is 7.92. The molecule has 1 N–H and O–H groups in total. The van der Waals surface area contributed by atoms with Crippen LogP contribution in [0.15, 0.2) is 70.7 Å². The lowest BCUT2D eigenvalue weighted by Crippen LogP contribution is -2.37. The highest BCUT2D eigenvalue weighted by Gasteiger charge is 2.37. The van der Waals surface area contributed by atoms with Crippen LogP contribution in [0, 0.1) is 6.92 Å². The zero-order valence-electron chi connectivity index (χ0n) is 16.1. The van der Waals surface area contributed by atoms with E-state index in [0.29, 0.717) is 5.69 Å². The number of nitrogens with zero attached hydrogens (tertiary/aromatic N) is 3. The maximum atomic E-state index is 12.7. The van der Waals surface area contributed by atoms with Crippen LogP contribution in [0.2, 0.25) is 0 Å². The molecule has 0 bridgehead atoms. The molecule has 0 spiro atoms. The van der Waals surface area contributed by atoms with Crippen molar-refractivity contribution in [2.45, 2.75) is 17.2 Å². The minimum absolute atomic E-state index is 0.0413. The highest BCUT2D eigenvalue weighted by Crippen LogP contribution is 2.26. The number of alkyl halides is 1. The topological polar surface area (TPSA) is 118 Å². The fourth-order valence-electron chi connectivity index (χ4n) is 3.03. The fourth-order valence-corrected chi connectivity index (χ4v) is 4.25. The van der Waals surface area contributed by atoms with Crippen molar-refractivity contribution >= 4 is 50.5 Å². The summed E-state index contributed by atoms with van der Waals surface area (Å²) in [5, 5.41) is -1.22. The number of carbonyl (C=O) groups is 2. The number of hydrogen-bond donors (Lipinski definition) is 1. The monoisotopic (exact) mass is 454 g/mol. The Hall–Kier alpha value is -3.43. The minimum atomic E-state index is -3.92. The van der Waals surface area contributed by atoms with Gasteiger partial charge in [0, 0.05) is 23.0 Å². The molecule has 1 unspecified atom stereocenters. The molecule has 1 aliphatic carbocycles. The van der Waals surface area contributed by atoms with Crippen LogP contribution in [0.1, 0.15) is 26.4 Å². The number of benzene rings is 2. The number of rotatable bonds is 4. The van der Waals surface area contributed by atoms with Crippen LogP contribution >= 0.6 is 11.6 Å². The van der Waals surface area contributed by atoms with E-state index >= 15 is 0 Å². The second-order valence-corrected chi connectivity index (χ2v) is 8.84. The van der Waals surface area contributed by atoms with Gasteiger partial charge in [-0.25, -0.2) is 28.1 Å². The smallest absolute Gasteiger partial charge is 0.264 e. The number of halogens is 1. The zero-order valence-corrected chi connectivity index (χ0v) is 17.7. The van der Waals surface area contributed by atoms with Crippen molar-refractivity contribution in [1.29, 1.82) is 0 Å². The Morgan fingerprint density at radius 3 is 2.35 bits per heavy atom. The van der Waals surface area contributed by atoms with Crippen molar-refractivity contribution in [3.63, 3.8) is 0 Å². The summed E-state index contributed by atoms with van der Waals surface area (Å²) in [5.74, 6) is -0.887. The van der Waals surface area contributed by atoms with Crippen molar-refractivity contribution in [3.05, 3.63) is 77.6 Å². The van der Waals surface area contributed by atoms with E-state index in [1.807, 2.05) is 0 Å². The quantitative estimate of drug-likeness (QED) is 0.604. The Morgan fingerprint density at radius 2 is 1.68 bits per heavy atom. The summed E-state index contributed by atoms with van der Waals surface area (Å²) in [4.78, 5) is 37.3. The summed E-state index contributed by atoms with van der Waals surface area (Å²) in [7, 11) is -3.92. The van der Waals surface area contributed by atoms with E-state index in [9.17, 15) is 18.0 Å². The van der Waals surface area contributed by atoms with Gasteiger partial charge in [-0.2, -0.15) is 0 Å². The first kappa shape index (κ1) is 20.8. The SMILES string of the molecule is Cc1ccnc(NS(=O)(=O)c2ccc(N=C3C(=O)c4ccccc4C(=O)C3Cl)cc2)n1. The third kappa shape index (κ3) is 4.10. The summed E-state index contributed by atoms with van der Waals surface area (Å²) in [6, 6.07) is 13.5. The number of carbonyl (C=O) groups excluding carboxylic acids is 2. The number of fused-ring (bicyclic) bond motifs is 1. The molecule has 2 aromatic carbocycles. The third-order valence-corrected chi connectivity index (χ3v) is 6.31. The standard InChI is InChI=1S/C21H15ClN4O4S/c1-12-10-11-23-21(24-12)26-31(29,30)14-8-6-13(7-9-14)25-18-17(22)19(27)15-4-2-3-5-16(15)20(18)28/h2-11,17H,1H3,(H,23,24,26). The van der Waals surface area contributed by atoms with Crippen LogP contribution in [-0.2, 0) is 10.0 Å². The normalized spacial score (nSPS) is 17.5. The molecule has 0 aliphatic heterocycles. The number of ketones is 2. The molecule has 31 heavy (non-hydrogen) atoms. The van der Waals surface area contributed by atoms with Crippen LogP contribution in [0.4, 0.5) is 11.6 Å². The van der Waals surface area contributed by atoms with Crippen LogP contribution in [0.25, 0.3) is 0 Å². The van der Waals surface area contributed by atoms with Gasteiger partial charge in [0.1, 0.15) is 11.1 Å². The molecule has 0 saturated carbocycles. The highest BCUT2D eigenvalue weighted by atomic mass is 35.5. The second-order valence-electron chi connectivity index (χ2n) is 6.72. The molecule has 0 radical (unpaired) electrons. The van der Waals surface area contributed by atoms with Gasteiger partial charge >= 0.3 is 0 Å². The number of sulfonamides is 1. The summed E-state index contributed by atoms with van der Waals surface area (Å²) in [6.45, 7) is 1.72. The van der Waals surface area contributed by atoms with Crippen molar-refractivity contribution in [2.24, 2.45) is 4.99 Å². The predicted octanol–water partition coefficient (Wildman–Crippen LogP) is 3.34. The number of nitrogens with one attached hydrogen (secondary N) is 1. The van der Waals surface area contributed by atoms with Gasteiger partial charge in [0.2, 0.25) is 11.7 Å². The van der Waals surface area contributed by atoms with Gasteiger partial charge < -0.3 is 0 Å². The van der Waals surface area contributed by atoms with Crippen LogP contribution in [0.3, 0.4) is 0 Å². The largest absolute Gasteiger partial charge is 0.292 e. The maximum absolute atomic E-state index is 12.7. The second kappa shape index (κ2) is 8.01. The summed E-state index contributed by atoms with van der Waals surface area (Å²) in [5.41, 5.74) is 1.30. The van der Waals surface area contributed by atoms with Crippen LogP contribution in [-0.4, -0.2) is 41.0 Å². The van der Waals surface area contributed by atoms with Gasteiger partial charge in [-0.3, -0.25) is 9.59 Å². The lowest BCUT2D eigenvalue weighted by atomic mass is 9.88. The Kier molecular flexibility index (Phi) is 5.38. The average Bonchev–Trinajstić information content (AvgIpc) is 2.75. The first-order valence-electron chi connectivity index (χ1n) is 9.09. The third-order valence-electron chi connectivity index (χ3n) is 4.56. The molecular formula is C21H15ClN4O4S. The van der Waals surface area contributed by atoms with Crippen LogP contribution in [0.5, 0.6) is 0 Å². The van der Waals surface area contributed by atoms with Crippen molar-refractivity contribution in [2.75, 3.05) is 4.72 Å². The van der Waals surface area contributed by atoms with E-state index < -0.39 is 27.0 Å². The molecule has 10 heteroatoms. The molecule has 1 aromatic heterocycles. The molecule has 0 fully saturated rings. The molecule has 156 valence electrons. The van der Waals surface area contributed by atoms with Gasteiger partial charge in [0.25, 0.3) is 10.0 Å². The minimum Gasteiger partial charge on any atom is -0.292 e. The number of Topliss-reactive ketones (excluding diaryl/α,β-unsaturated/α-hetero) is 2. The molecular weight excluding hydrogens is 440 g/mol. The summed E-state index contributed by atoms with van der Waals surface area (Å²) < 4.78 is 27.4. The predicted molar refractivity (Wildman–Crippen MR) is 116 cm³/mol. The van der Waals surface area contributed by atoms with E-state index in [0.717, 1.165) is 0 Å². The fraction of sp³-hybridized carbons (Fsp3) is 0.0952. The van der Waals surface area contributed by atoms with E-state index in [1.54, 1.807) is 37.3 Å². The molecule has 4 rings (SSSR count). The molecule has 1 heterocycles. The van der Waals surface area contributed by atoms with Crippen molar-refractivity contribution in [1.82, 2.24) is 9.97 Å². The van der Waals surface area contributed by atoms with E-state index in [-0.39, 0.29) is 33.4 Å². The first-order valence-corrected chi connectivity index (χ1v) is 11.0. The van der Waals surface area contributed by atoms with Crippen molar-refractivity contribution in [3.8, 4) is 0 Å². The molecule has 1 aliphatic rings. The number of aliphatic imine (C=N–C) groups is 1. The summed E-state index contributed by atoms with van der Waals surface area (Å²) in [6.07, 6.45) is 1.45. The Balaban J connectivity index is 1.62. The van der Waals surface area contributed by atoms with E-state index in [1.165, 1.54) is 30.5 Å². The van der Waals surface area contributed by atoms with Gasteiger partial charge in [0.05, 0.1) is 10.6 Å². The number of aryl methyl sites for hydroxylation is 1. The Bertz CT molecular complexity index is 1340. The zero-order chi connectivity index (χ0) is 22.2. The van der Waals surface area contributed by atoms with Crippen LogP contribution < -0.4 is 4.72 Å². The molecule has 0 amide bonds. The first-order chi connectivity index (χ1) is 14.8. The van der Waals surface area contributed by atoms with Crippen molar-refractivity contribution < 1.29 is 18.0 Å². The molecule has 3 aromatic rings. The lowest BCUT2D eigenvalue weighted by Gasteiger charge is -2.19. The molecule has 8 nitrogen and oxygen atoms in total. The number of hydrogen-bond acceptors (Lipinski definition) is 7. The van der Waals surface area contributed by atoms with Gasteiger partial charge in [0.15, 0.2) is 5.78 Å². The molecule has 0 saturated heterocycles.